The van der Waals surface area contributed by atoms with Gasteiger partial charge in [0.15, 0.2) is 11.5 Å². The van der Waals surface area contributed by atoms with E-state index in [1.165, 1.54) is 23.9 Å². The van der Waals surface area contributed by atoms with Crippen LogP contribution in [0, 0.1) is 5.82 Å². The standard InChI is InChI=1S/C16H13ClFNO3S/c17-10-1-3-13(12(18)7-10)19-16(20)9-23-11-2-4-14-15(8-11)22-6-5-21-14/h1-4,7-8H,5-6,9H2,(H,19,20). The average Bonchev–Trinajstić information content (AvgIpc) is 2.55. The van der Waals surface area contributed by atoms with E-state index >= 15 is 0 Å². The number of rotatable bonds is 4. The first-order valence-corrected chi connectivity index (χ1v) is 8.25. The highest BCUT2D eigenvalue weighted by Crippen LogP contribution is 2.34. The van der Waals surface area contributed by atoms with Crippen LogP contribution in [0.4, 0.5) is 10.1 Å². The molecule has 7 heteroatoms. The maximum Gasteiger partial charge on any atom is 0.234 e. The number of nitrogens with one attached hydrogen (secondary N) is 1. The third kappa shape index (κ3) is 4.09. The molecule has 0 unspecified atom stereocenters. The SMILES string of the molecule is O=C(CSc1ccc2c(c1)OCCO2)Nc1ccc(Cl)cc1F. The van der Waals surface area contributed by atoms with Gasteiger partial charge in [0.05, 0.1) is 11.4 Å². The molecule has 23 heavy (non-hydrogen) atoms. The summed E-state index contributed by atoms with van der Waals surface area (Å²) in [4.78, 5) is 12.8. The van der Waals surface area contributed by atoms with Crippen molar-refractivity contribution in [3.05, 3.63) is 47.2 Å². The number of hydrogen-bond donors (Lipinski definition) is 1. The first-order valence-electron chi connectivity index (χ1n) is 6.89. The summed E-state index contributed by atoms with van der Waals surface area (Å²) in [7, 11) is 0. The first-order chi connectivity index (χ1) is 11.1. The van der Waals surface area contributed by atoms with E-state index in [0.717, 1.165) is 11.0 Å². The molecule has 0 aliphatic carbocycles. The predicted molar refractivity (Wildman–Crippen MR) is 88.2 cm³/mol. The van der Waals surface area contributed by atoms with Crippen LogP contribution in [-0.2, 0) is 4.79 Å². The van der Waals surface area contributed by atoms with Gasteiger partial charge in [0.2, 0.25) is 5.91 Å². The molecule has 1 aliphatic rings. The molecular weight excluding hydrogens is 341 g/mol. The number of thioether (sulfide) groups is 1. The summed E-state index contributed by atoms with van der Waals surface area (Å²) in [5.41, 5.74) is 0.113. The lowest BCUT2D eigenvalue weighted by molar-refractivity contribution is -0.113. The van der Waals surface area contributed by atoms with Crippen molar-refractivity contribution < 1.29 is 18.7 Å². The Balaban J connectivity index is 1.58. The molecule has 1 amide bonds. The minimum Gasteiger partial charge on any atom is -0.486 e. The summed E-state index contributed by atoms with van der Waals surface area (Å²) in [6, 6.07) is 9.61. The fourth-order valence-electron chi connectivity index (χ4n) is 2.04. The molecule has 1 heterocycles. The van der Waals surface area contributed by atoms with Crippen LogP contribution in [0.3, 0.4) is 0 Å². The van der Waals surface area contributed by atoms with Crippen molar-refractivity contribution in [1.82, 2.24) is 0 Å². The predicted octanol–water partition coefficient (Wildman–Crippen LogP) is 3.98. The van der Waals surface area contributed by atoms with Gasteiger partial charge in [0.1, 0.15) is 19.0 Å². The molecule has 2 aromatic carbocycles. The maximum absolute atomic E-state index is 13.6. The van der Waals surface area contributed by atoms with Crippen LogP contribution in [0.2, 0.25) is 5.02 Å². The molecule has 120 valence electrons. The summed E-state index contributed by atoms with van der Waals surface area (Å²) in [5, 5.41) is 2.80. The molecule has 0 radical (unpaired) electrons. The van der Waals surface area contributed by atoms with Gasteiger partial charge in [-0.2, -0.15) is 0 Å². The third-order valence-corrected chi connectivity index (χ3v) is 4.32. The van der Waals surface area contributed by atoms with E-state index in [1.54, 1.807) is 0 Å². The number of carbonyl (C=O) groups excluding carboxylic acids is 1. The van der Waals surface area contributed by atoms with Crippen molar-refractivity contribution >= 4 is 35.0 Å². The molecule has 0 fully saturated rings. The summed E-state index contributed by atoms with van der Waals surface area (Å²) in [6.45, 7) is 1.05. The van der Waals surface area contributed by atoms with Gasteiger partial charge in [-0.15, -0.1) is 11.8 Å². The second kappa shape index (κ2) is 7.10. The summed E-state index contributed by atoms with van der Waals surface area (Å²) in [5.74, 6) is 0.668. The lowest BCUT2D eigenvalue weighted by Crippen LogP contribution is -2.16. The van der Waals surface area contributed by atoms with E-state index in [9.17, 15) is 9.18 Å². The Hall–Kier alpha value is -1.92. The average molecular weight is 354 g/mol. The molecule has 2 aromatic rings. The Morgan fingerprint density at radius 3 is 2.74 bits per heavy atom. The van der Waals surface area contributed by atoms with Gasteiger partial charge in [-0.3, -0.25) is 4.79 Å². The fraction of sp³-hybridized carbons (Fsp3) is 0.188. The number of fused-ring (bicyclic) bond motifs is 1. The van der Waals surface area contributed by atoms with Gasteiger partial charge in [0, 0.05) is 9.92 Å². The minimum atomic E-state index is -0.560. The van der Waals surface area contributed by atoms with Crippen molar-refractivity contribution in [2.45, 2.75) is 4.90 Å². The van der Waals surface area contributed by atoms with E-state index in [1.807, 2.05) is 18.2 Å². The normalized spacial score (nSPS) is 12.8. The van der Waals surface area contributed by atoms with Crippen LogP contribution >= 0.6 is 23.4 Å². The lowest BCUT2D eigenvalue weighted by atomic mass is 10.3. The van der Waals surface area contributed by atoms with Crippen LogP contribution in [0.15, 0.2) is 41.3 Å². The van der Waals surface area contributed by atoms with E-state index < -0.39 is 5.82 Å². The molecule has 1 N–H and O–H groups in total. The molecule has 1 aliphatic heterocycles. The first kappa shape index (κ1) is 16.0. The number of anilines is 1. The minimum absolute atomic E-state index is 0.113. The second-order valence-electron chi connectivity index (χ2n) is 4.77. The zero-order chi connectivity index (χ0) is 16.2. The molecule has 0 bridgehead atoms. The third-order valence-electron chi connectivity index (χ3n) is 3.09. The monoisotopic (exact) mass is 353 g/mol. The highest BCUT2D eigenvalue weighted by atomic mass is 35.5. The molecule has 0 aromatic heterocycles. The van der Waals surface area contributed by atoms with Crippen LogP contribution in [0.5, 0.6) is 11.5 Å². The Morgan fingerprint density at radius 1 is 1.17 bits per heavy atom. The molecule has 0 saturated carbocycles. The Morgan fingerprint density at radius 2 is 1.96 bits per heavy atom. The van der Waals surface area contributed by atoms with Crippen LogP contribution < -0.4 is 14.8 Å². The summed E-state index contributed by atoms with van der Waals surface area (Å²) >= 11 is 7.01. The van der Waals surface area contributed by atoms with Crippen LogP contribution in [0.1, 0.15) is 0 Å². The fourth-order valence-corrected chi connectivity index (χ4v) is 2.92. The molecule has 4 nitrogen and oxygen atoms in total. The van der Waals surface area contributed by atoms with Crippen molar-refractivity contribution in [1.29, 1.82) is 0 Å². The van der Waals surface area contributed by atoms with Crippen molar-refractivity contribution in [2.24, 2.45) is 0 Å². The zero-order valence-electron chi connectivity index (χ0n) is 12.0. The summed E-state index contributed by atoms with van der Waals surface area (Å²) in [6.07, 6.45) is 0. The van der Waals surface area contributed by atoms with Crippen molar-refractivity contribution in [2.75, 3.05) is 24.3 Å². The Bertz CT molecular complexity index is 741. The van der Waals surface area contributed by atoms with Crippen LogP contribution in [0.25, 0.3) is 0 Å². The van der Waals surface area contributed by atoms with Gasteiger partial charge in [0.25, 0.3) is 0 Å². The van der Waals surface area contributed by atoms with Crippen molar-refractivity contribution in [3.63, 3.8) is 0 Å². The van der Waals surface area contributed by atoms with E-state index in [4.69, 9.17) is 21.1 Å². The molecule has 3 rings (SSSR count). The van der Waals surface area contributed by atoms with E-state index in [2.05, 4.69) is 5.32 Å². The van der Waals surface area contributed by atoms with Gasteiger partial charge in [-0.05, 0) is 36.4 Å². The number of amides is 1. The van der Waals surface area contributed by atoms with Gasteiger partial charge < -0.3 is 14.8 Å². The van der Waals surface area contributed by atoms with E-state index in [0.29, 0.717) is 24.7 Å². The maximum atomic E-state index is 13.6. The van der Waals surface area contributed by atoms with Crippen molar-refractivity contribution in [3.8, 4) is 11.5 Å². The highest BCUT2D eigenvalue weighted by Gasteiger charge is 2.13. The highest BCUT2D eigenvalue weighted by molar-refractivity contribution is 8.00. The smallest absolute Gasteiger partial charge is 0.234 e. The Labute approximate surface area is 141 Å². The number of benzene rings is 2. The quantitative estimate of drug-likeness (QED) is 0.844. The van der Waals surface area contributed by atoms with Gasteiger partial charge in [-0.25, -0.2) is 4.39 Å². The van der Waals surface area contributed by atoms with Crippen LogP contribution in [-0.4, -0.2) is 24.9 Å². The Kier molecular flexibility index (Phi) is 4.93. The molecule has 0 saturated heterocycles. The number of ether oxygens (including phenoxy) is 2. The number of carbonyl (C=O) groups is 1. The van der Waals surface area contributed by atoms with Gasteiger partial charge >= 0.3 is 0 Å². The lowest BCUT2D eigenvalue weighted by Gasteiger charge is -2.18. The largest absolute Gasteiger partial charge is 0.486 e. The topological polar surface area (TPSA) is 47.6 Å². The molecular formula is C16H13ClFNO3S. The molecule has 0 atom stereocenters. The van der Waals surface area contributed by atoms with Gasteiger partial charge in [-0.1, -0.05) is 11.6 Å². The molecule has 0 spiro atoms. The summed E-state index contributed by atoms with van der Waals surface area (Å²) < 4.78 is 24.6. The number of hydrogen-bond acceptors (Lipinski definition) is 4. The second-order valence-corrected chi connectivity index (χ2v) is 6.25. The van der Waals surface area contributed by atoms with E-state index in [-0.39, 0.29) is 22.4 Å². The zero-order valence-corrected chi connectivity index (χ0v) is 13.5. The number of halogens is 2.